The van der Waals surface area contributed by atoms with Crippen LogP contribution in [0.1, 0.15) is 29.6 Å². The van der Waals surface area contributed by atoms with E-state index in [0.717, 1.165) is 22.0 Å². The number of nitrogens with one attached hydrogen (secondary N) is 1. The quantitative estimate of drug-likeness (QED) is 0.898. The Morgan fingerprint density at radius 3 is 2.40 bits per heavy atom. The molecule has 0 bridgehead atoms. The van der Waals surface area contributed by atoms with Crippen LogP contribution in [-0.4, -0.2) is 15.1 Å². The second-order valence-corrected chi connectivity index (χ2v) is 5.11. The molecule has 0 aliphatic rings. The van der Waals surface area contributed by atoms with Gasteiger partial charge in [-0.2, -0.15) is 10.5 Å². The summed E-state index contributed by atoms with van der Waals surface area (Å²) < 4.78 is 0. The van der Waals surface area contributed by atoms with Gasteiger partial charge in [-0.25, -0.2) is 4.98 Å². The molecule has 20 heavy (non-hydrogen) atoms. The van der Waals surface area contributed by atoms with Crippen LogP contribution in [0.5, 0.6) is 0 Å². The lowest BCUT2D eigenvalue weighted by Gasteiger charge is -2.02. The van der Waals surface area contributed by atoms with Crippen molar-refractivity contribution in [3.63, 3.8) is 0 Å². The lowest BCUT2D eigenvalue weighted by molar-refractivity contribution is 0.272. The van der Waals surface area contributed by atoms with Crippen LogP contribution in [-0.2, 0) is 13.0 Å². The minimum atomic E-state index is -0.144. The van der Waals surface area contributed by atoms with Gasteiger partial charge in [0.15, 0.2) is 0 Å². The maximum Gasteiger partial charge on any atom is 0.133 e. The molecule has 2 rings (SSSR count). The first-order valence-electron chi connectivity index (χ1n) is 6.02. The Morgan fingerprint density at radius 1 is 1.25 bits per heavy atom. The van der Waals surface area contributed by atoms with E-state index < -0.39 is 0 Å². The Kier molecular flexibility index (Phi) is 4.41. The normalized spacial score (nSPS) is 10.0. The summed E-state index contributed by atoms with van der Waals surface area (Å²) in [6, 6.07) is 9.07. The Labute approximate surface area is 120 Å². The number of aromatic amines is 1. The van der Waals surface area contributed by atoms with E-state index in [4.69, 9.17) is 15.6 Å². The minimum Gasteiger partial charge on any atom is -0.388 e. The molecule has 1 aromatic heterocycles. The van der Waals surface area contributed by atoms with Crippen LogP contribution in [0, 0.1) is 22.7 Å². The van der Waals surface area contributed by atoms with Gasteiger partial charge >= 0.3 is 0 Å². The van der Waals surface area contributed by atoms with Crippen LogP contribution in [0.2, 0.25) is 0 Å². The van der Waals surface area contributed by atoms with Crippen LogP contribution < -0.4 is 0 Å². The van der Waals surface area contributed by atoms with Crippen LogP contribution in [0.25, 0.3) is 0 Å². The predicted octanol–water partition coefficient (Wildman–Crippen LogP) is 2.36. The third kappa shape index (κ3) is 3.00. The standard InChI is InChI=1S/C14H12N4OS/c1-2-12-14(18-13(8-19)17-12)20-11-4-9(6-15)3-10(5-11)7-16/h3-5,19H,2,8H2,1H3,(H,17,18). The van der Waals surface area contributed by atoms with Gasteiger partial charge < -0.3 is 10.1 Å². The monoisotopic (exact) mass is 284 g/mol. The van der Waals surface area contributed by atoms with E-state index in [9.17, 15) is 0 Å². The zero-order valence-corrected chi connectivity index (χ0v) is 11.7. The number of aliphatic hydroxyl groups is 1. The number of nitrogens with zero attached hydrogens (tertiary/aromatic N) is 3. The molecule has 0 amide bonds. The number of nitriles is 2. The molecular weight excluding hydrogens is 272 g/mol. The third-order valence-electron chi connectivity index (χ3n) is 2.67. The van der Waals surface area contributed by atoms with E-state index >= 15 is 0 Å². The Bertz CT molecular complexity index is 677. The van der Waals surface area contributed by atoms with Gasteiger partial charge in [0.25, 0.3) is 0 Å². The van der Waals surface area contributed by atoms with Gasteiger partial charge in [-0.05, 0) is 24.6 Å². The molecule has 0 fully saturated rings. The van der Waals surface area contributed by atoms with Crippen molar-refractivity contribution < 1.29 is 5.11 Å². The van der Waals surface area contributed by atoms with E-state index in [2.05, 4.69) is 9.97 Å². The number of rotatable bonds is 4. The second-order valence-electron chi connectivity index (χ2n) is 4.05. The number of aliphatic hydroxyl groups excluding tert-OH is 1. The highest BCUT2D eigenvalue weighted by Gasteiger charge is 2.11. The molecule has 1 heterocycles. The summed E-state index contributed by atoms with van der Waals surface area (Å²) in [5, 5.41) is 27.8. The first-order valence-corrected chi connectivity index (χ1v) is 6.83. The van der Waals surface area contributed by atoms with Crippen molar-refractivity contribution in [1.82, 2.24) is 9.97 Å². The van der Waals surface area contributed by atoms with E-state index in [1.807, 2.05) is 19.1 Å². The molecule has 0 unspecified atom stereocenters. The molecule has 0 atom stereocenters. The maximum absolute atomic E-state index is 9.11. The Morgan fingerprint density at radius 2 is 1.90 bits per heavy atom. The summed E-state index contributed by atoms with van der Waals surface area (Å²) in [5.41, 5.74) is 1.82. The largest absolute Gasteiger partial charge is 0.388 e. The molecule has 0 saturated carbocycles. The summed E-state index contributed by atoms with van der Waals surface area (Å²) >= 11 is 1.38. The molecule has 0 radical (unpaired) electrons. The molecule has 0 spiro atoms. The van der Waals surface area contributed by atoms with Crippen LogP contribution >= 0.6 is 11.8 Å². The third-order valence-corrected chi connectivity index (χ3v) is 3.67. The van der Waals surface area contributed by atoms with Gasteiger partial charge in [0.2, 0.25) is 0 Å². The number of hydrogen-bond acceptors (Lipinski definition) is 5. The van der Waals surface area contributed by atoms with E-state index in [1.54, 1.807) is 18.2 Å². The van der Waals surface area contributed by atoms with Crippen molar-refractivity contribution >= 4 is 11.8 Å². The second kappa shape index (κ2) is 6.25. The number of H-pyrrole nitrogens is 1. The van der Waals surface area contributed by atoms with Gasteiger partial charge in [-0.1, -0.05) is 18.7 Å². The topological polar surface area (TPSA) is 96.5 Å². The fourth-order valence-electron chi connectivity index (χ4n) is 1.74. The summed E-state index contributed by atoms with van der Waals surface area (Å²) in [5.74, 6) is 0.515. The number of imidazole rings is 1. The molecule has 2 aromatic rings. The highest BCUT2D eigenvalue weighted by Crippen LogP contribution is 2.30. The fraction of sp³-hybridized carbons (Fsp3) is 0.214. The zero-order chi connectivity index (χ0) is 14.5. The molecule has 0 aliphatic carbocycles. The zero-order valence-electron chi connectivity index (χ0n) is 10.8. The highest BCUT2D eigenvalue weighted by atomic mass is 32.2. The number of aryl methyl sites for hydroxylation is 1. The molecule has 100 valence electrons. The molecule has 0 aliphatic heterocycles. The summed E-state index contributed by atoms with van der Waals surface area (Å²) in [6.07, 6.45) is 0.762. The van der Waals surface area contributed by atoms with Crippen molar-refractivity contribution in [1.29, 1.82) is 10.5 Å². The minimum absolute atomic E-state index is 0.144. The number of benzene rings is 1. The van der Waals surface area contributed by atoms with Gasteiger partial charge in [0, 0.05) is 10.6 Å². The van der Waals surface area contributed by atoms with E-state index in [-0.39, 0.29) is 6.61 Å². The summed E-state index contributed by atoms with van der Waals surface area (Å²) in [6.45, 7) is 1.85. The summed E-state index contributed by atoms with van der Waals surface area (Å²) in [4.78, 5) is 8.13. The van der Waals surface area contributed by atoms with Gasteiger partial charge in [0.05, 0.1) is 23.3 Å². The SMILES string of the molecule is CCc1[nH]c(CO)nc1Sc1cc(C#N)cc(C#N)c1. The smallest absolute Gasteiger partial charge is 0.133 e. The number of aromatic nitrogens is 2. The molecule has 2 N–H and O–H groups in total. The molecule has 1 aromatic carbocycles. The van der Waals surface area contributed by atoms with Gasteiger partial charge in [-0.15, -0.1) is 0 Å². The van der Waals surface area contributed by atoms with Crippen molar-refractivity contribution in [3.8, 4) is 12.1 Å². The summed E-state index contributed by atoms with van der Waals surface area (Å²) in [7, 11) is 0. The highest BCUT2D eigenvalue weighted by molar-refractivity contribution is 7.99. The predicted molar refractivity (Wildman–Crippen MR) is 73.9 cm³/mol. The van der Waals surface area contributed by atoms with Crippen LogP contribution in [0.15, 0.2) is 28.1 Å². The van der Waals surface area contributed by atoms with Gasteiger partial charge in [0.1, 0.15) is 17.5 Å². The Balaban J connectivity index is 2.37. The van der Waals surface area contributed by atoms with Crippen molar-refractivity contribution in [2.45, 2.75) is 29.9 Å². The number of hydrogen-bond donors (Lipinski definition) is 2. The molecule has 6 heteroatoms. The molecule has 0 saturated heterocycles. The lowest BCUT2D eigenvalue weighted by Crippen LogP contribution is -1.86. The van der Waals surface area contributed by atoms with Crippen molar-refractivity contribution in [2.24, 2.45) is 0 Å². The van der Waals surface area contributed by atoms with Crippen LogP contribution in [0.3, 0.4) is 0 Å². The molecule has 5 nitrogen and oxygen atoms in total. The first kappa shape index (κ1) is 14.1. The maximum atomic E-state index is 9.11. The van der Waals surface area contributed by atoms with Gasteiger partial charge in [-0.3, -0.25) is 0 Å². The van der Waals surface area contributed by atoms with Crippen molar-refractivity contribution in [3.05, 3.63) is 40.8 Å². The fourth-order valence-corrected chi connectivity index (χ4v) is 2.81. The van der Waals surface area contributed by atoms with E-state index in [0.29, 0.717) is 17.0 Å². The van der Waals surface area contributed by atoms with Crippen LogP contribution in [0.4, 0.5) is 0 Å². The van der Waals surface area contributed by atoms with E-state index in [1.165, 1.54) is 11.8 Å². The lowest BCUT2D eigenvalue weighted by atomic mass is 10.1. The Hall–Kier alpha value is -2.28. The first-order chi connectivity index (χ1) is 9.69. The average Bonchev–Trinajstić information content (AvgIpc) is 2.88. The molecular formula is C14H12N4OS. The average molecular weight is 284 g/mol. The van der Waals surface area contributed by atoms with Crippen molar-refractivity contribution in [2.75, 3.05) is 0 Å².